The molecule has 10 heteroatoms. The average Bonchev–Trinajstić information content (AvgIpc) is 2.99. The summed E-state index contributed by atoms with van der Waals surface area (Å²) >= 11 is 0. The summed E-state index contributed by atoms with van der Waals surface area (Å²) in [6.45, 7) is 3.61. The number of likely N-dealkylation sites (N-methyl/N-ethyl adjacent to an activating group) is 2. The number of anilines is 1. The number of rotatable bonds is 2. The lowest BCUT2D eigenvalue weighted by molar-refractivity contribution is -0.134. The predicted molar refractivity (Wildman–Crippen MR) is 102 cm³/mol. The zero-order chi connectivity index (χ0) is 20.8. The Kier molecular flexibility index (Phi) is 9.14. The number of likely N-dealkylation sites (tertiary alicyclic amines) is 1. The van der Waals surface area contributed by atoms with Gasteiger partial charge in [0.05, 0.1) is 6.17 Å². The lowest BCUT2D eigenvalue weighted by atomic mass is 9.81. The molecule has 0 bridgehead atoms. The van der Waals surface area contributed by atoms with Crippen LogP contribution in [0.5, 0.6) is 0 Å². The molecule has 0 radical (unpaired) electrons. The van der Waals surface area contributed by atoms with E-state index in [0.29, 0.717) is 23.7 Å². The summed E-state index contributed by atoms with van der Waals surface area (Å²) in [7, 11) is 4.45. The largest absolute Gasteiger partial charge is 0.503 e. The number of carboxylic acid groups (broad SMARTS) is 4. The van der Waals surface area contributed by atoms with Crippen LogP contribution in [-0.2, 0) is 15.0 Å². The van der Waals surface area contributed by atoms with Gasteiger partial charge in [-0.1, -0.05) is 25.1 Å². The van der Waals surface area contributed by atoms with Crippen molar-refractivity contribution in [1.82, 2.24) is 4.90 Å². The number of hydrogen-bond donors (Lipinski definition) is 4. The summed E-state index contributed by atoms with van der Waals surface area (Å²) in [6.07, 6.45) is 1.11. The summed E-state index contributed by atoms with van der Waals surface area (Å²) in [4.78, 5) is 32.6. The molecule has 0 aromatic heterocycles. The van der Waals surface area contributed by atoms with Crippen molar-refractivity contribution in [3.05, 3.63) is 42.0 Å². The van der Waals surface area contributed by atoms with E-state index in [9.17, 15) is 9.59 Å². The number of hydrogen-bond acceptors (Lipinski definition) is 5. The Labute approximate surface area is 162 Å². The lowest BCUT2D eigenvalue weighted by Gasteiger charge is -2.32. The van der Waals surface area contributed by atoms with Gasteiger partial charge in [-0.3, -0.25) is 4.90 Å². The average molecular weight is 398 g/mol. The van der Waals surface area contributed by atoms with Gasteiger partial charge in [0.2, 0.25) is 0 Å². The number of nitrogens with zero attached hydrogens (tertiary/aromatic N) is 2. The molecule has 0 aliphatic carbocycles. The number of fused-ring (bicyclic) bond motifs is 3. The number of benzene rings is 1. The van der Waals surface area contributed by atoms with Crippen LogP contribution in [0.4, 0.5) is 10.5 Å². The normalized spacial score (nSPS) is 22.0. The quantitative estimate of drug-likeness (QED) is 0.534. The van der Waals surface area contributed by atoms with E-state index < -0.39 is 18.1 Å². The first-order valence-corrected chi connectivity index (χ1v) is 8.09. The van der Waals surface area contributed by atoms with Crippen LogP contribution in [0.1, 0.15) is 18.9 Å². The van der Waals surface area contributed by atoms with Crippen LogP contribution in [0, 0.1) is 0 Å². The van der Waals surface area contributed by atoms with E-state index in [-0.39, 0.29) is 5.48 Å². The van der Waals surface area contributed by atoms with Crippen molar-refractivity contribution in [2.45, 2.75) is 24.9 Å². The summed E-state index contributed by atoms with van der Waals surface area (Å²) in [5.41, 5.74) is 3.28. The van der Waals surface area contributed by atoms with Crippen LogP contribution in [0.3, 0.4) is 0 Å². The van der Waals surface area contributed by atoms with Gasteiger partial charge in [0.1, 0.15) is 0 Å². The molecule has 28 heavy (non-hydrogen) atoms. The maximum absolute atomic E-state index is 9.55. The van der Waals surface area contributed by atoms with Crippen molar-refractivity contribution in [2.75, 3.05) is 25.5 Å². The van der Waals surface area contributed by atoms with Crippen LogP contribution in [-0.4, -0.2) is 75.7 Å². The predicted octanol–water partition coefficient (Wildman–Crippen LogP) is 1.17. The molecule has 156 valence electrons. The number of carboxylic acids is 2. The molecule has 0 spiro atoms. The monoisotopic (exact) mass is 398 g/mol. The van der Waals surface area contributed by atoms with Gasteiger partial charge >= 0.3 is 18.1 Å². The maximum Gasteiger partial charge on any atom is 0.503 e. The molecule has 0 unspecified atom stereocenters. The summed E-state index contributed by atoms with van der Waals surface area (Å²) in [6, 6.07) is 8.84. The van der Waals surface area contributed by atoms with E-state index in [1.54, 1.807) is 0 Å². The third kappa shape index (κ3) is 5.96. The van der Waals surface area contributed by atoms with Crippen molar-refractivity contribution in [1.29, 1.82) is 0 Å². The fourth-order valence-corrected chi connectivity index (χ4v) is 3.68. The minimum absolute atomic E-state index is 0. The van der Waals surface area contributed by atoms with Gasteiger partial charge < -0.3 is 30.8 Å². The van der Waals surface area contributed by atoms with Crippen LogP contribution in [0.25, 0.3) is 0 Å². The molecule has 3 rings (SSSR count). The molecule has 1 fully saturated rings. The lowest BCUT2D eigenvalue weighted by Crippen LogP contribution is -2.45. The van der Waals surface area contributed by atoms with E-state index in [4.69, 9.17) is 25.2 Å². The Hall–Kier alpha value is -3.11. The first kappa shape index (κ1) is 24.9. The number of aliphatic carboxylic acids is 2. The highest BCUT2D eigenvalue weighted by Crippen LogP contribution is 2.50. The van der Waals surface area contributed by atoms with Crippen LogP contribution in [0.15, 0.2) is 36.4 Å². The van der Waals surface area contributed by atoms with Crippen molar-refractivity contribution in [2.24, 2.45) is 0 Å². The fraction of sp³-hybridized carbons (Fsp3) is 0.389. The molecular weight excluding hydrogens is 372 g/mol. The third-order valence-corrected chi connectivity index (χ3v) is 4.61. The van der Waals surface area contributed by atoms with Gasteiger partial charge in [-0.05, 0) is 25.1 Å². The van der Waals surface area contributed by atoms with Crippen molar-refractivity contribution in [3.63, 3.8) is 0 Å². The maximum atomic E-state index is 9.55. The highest BCUT2D eigenvalue weighted by Gasteiger charge is 2.51. The minimum atomic E-state index is -1.83. The van der Waals surface area contributed by atoms with Crippen LogP contribution in [0.2, 0.25) is 0 Å². The summed E-state index contributed by atoms with van der Waals surface area (Å²) in [5.74, 6) is -2.51. The Morgan fingerprint density at radius 2 is 1.50 bits per heavy atom. The van der Waals surface area contributed by atoms with Crippen molar-refractivity contribution < 1.29 is 40.3 Å². The SMILES string of the molecule is CN1CC[C@@]2(C)c3ccccc3N(C)[C@@H]12.O.O=C(O)/C=C/C(=O)O.O=C(O)O. The van der Waals surface area contributed by atoms with Gasteiger partial charge in [-0.2, -0.15) is 0 Å². The highest BCUT2D eigenvalue weighted by atomic mass is 16.6. The standard InChI is InChI=1S/C13H18N2.C4H4O4.CH2O3.H2O/c1-13-8-9-14(2)12(13)15(3)11-7-5-4-6-10(11)13;5-3(6)1-2-4(7)8;2-1(3)4;/h4-7,12H,8-9H2,1-3H3;1-2H,(H,5,6)(H,7,8);(H2,2,3,4);1H2/b;2-1+;;/t12-,13+;;;/m1.../s1. The van der Waals surface area contributed by atoms with E-state index in [1.165, 1.54) is 24.2 Å². The first-order valence-electron chi connectivity index (χ1n) is 8.09. The fourth-order valence-electron chi connectivity index (χ4n) is 3.68. The number of para-hydroxylation sites is 1. The molecule has 1 aromatic carbocycles. The molecule has 1 aromatic rings. The Morgan fingerprint density at radius 1 is 1.04 bits per heavy atom. The van der Waals surface area contributed by atoms with Crippen LogP contribution < -0.4 is 4.90 Å². The second-order valence-electron chi connectivity index (χ2n) is 6.44. The molecule has 0 saturated carbocycles. The topological polar surface area (TPSA) is 170 Å². The van der Waals surface area contributed by atoms with E-state index in [2.05, 4.69) is 55.1 Å². The van der Waals surface area contributed by atoms with E-state index >= 15 is 0 Å². The highest BCUT2D eigenvalue weighted by molar-refractivity contribution is 5.89. The molecule has 2 heterocycles. The zero-order valence-corrected chi connectivity index (χ0v) is 15.9. The summed E-state index contributed by atoms with van der Waals surface area (Å²) in [5, 5.41) is 29.6. The third-order valence-electron chi connectivity index (χ3n) is 4.61. The Bertz CT molecular complexity index is 716. The molecular formula is C18H26N2O8. The van der Waals surface area contributed by atoms with Gasteiger partial charge in [0.15, 0.2) is 0 Å². The van der Waals surface area contributed by atoms with Crippen molar-refractivity contribution >= 4 is 23.8 Å². The summed E-state index contributed by atoms with van der Waals surface area (Å²) < 4.78 is 0. The smallest absolute Gasteiger partial charge is 0.478 e. The molecule has 2 atom stereocenters. The Balaban J connectivity index is 0.000000481. The van der Waals surface area contributed by atoms with Gasteiger partial charge in [-0.25, -0.2) is 14.4 Å². The van der Waals surface area contributed by atoms with Crippen LogP contribution >= 0.6 is 0 Å². The molecule has 2 aliphatic heterocycles. The molecule has 6 N–H and O–H groups in total. The van der Waals surface area contributed by atoms with E-state index in [1.807, 2.05) is 0 Å². The Morgan fingerprint density at radius 3 is 1.96 bits per heavy atom. The van der Waals surface area contributed by atoms with Gasteiger partial charge in [-0.15, -0.1) is 0 Å². The first-order chi connectivity index (χ1) is 12.5. The minimum Gasteiger partial charge on any atom is -0.478 e. The van der Waals surface area contributed by atoms with Crippen molar-refractivity contribution in [3.8, 4) is 0 Å². The molecule has 10 nitrogen and oxygen atoms in total. The van der Waals surface area contributed by atoms with Gasteiger partial charge in [0, 0.05) is 36.8 Å². The molecule has 0 amide bonds. The second-order valence-corrected chi connectivity index (χ2v) is 6.44. The van der Waals surface area contributed by atoms with E-state index in [0.717, 1.165) is 0 Å². The van der Waals surface area contributed by atoms with Gasteiger partial charge in [0.25, 0.3) is 0 Å². The molecule has 1 saturated heterocycles. The number of carbonyl (C=O) groups is 3. The zero-order valence-electron chi connectivity index (χ0n) is 15.9. The molecule has 2 aliphatic rings. The second kappa shape index (κ2) is 10.3.